The third kappa shape index (κ3) is 3.41. The number of hydrogen-bond acceptors (Lipinski definition) is 4. The largest absolute Gasteiger partial charge is 0.365 e. The summed E-state index contributed by atoms with van der Waals surface area (Å²) in [5, 5.41) is 2.56. The number of rotatable bonds is 4. The Kier molecular flexibility index (Phi) is 4.80. The van der Waals surface area contributed by atoms with Crippen molar-refractivity contribution in [2.75, 3.05) is 26.7 Å². The highest BCUT2D eigenvalue weighted by Crippen LogP contribution is 2.16. The van der Waals surface area contributed by atoms with Gasteiger partial charge in [0.15, 0.2) is 6.10 Å². The number of morpholine rings is 1. The summed E-state index contributed by atoms with van der Waals surface area (Å²) in [5.41, 5.74) is 3.05. The Labute approximate surface area is 140 Å². The minimum Gasteiger partial charge on any atom is -0.365 e. The number of ether oxygens (including phenoxy) is 1. The summed E-state index contributed by atoms with van der Waals surface area (Å²) < 4.78 is 5.40. The maximum Gasteiger partial charge on any atom is 0.250 e. The molecule has 1 aromatic heterocycles. The normalized spacial score (nSPS) is 17.9. The Morgan fingerprint density at radius 2 is 2.29 bits per heavy atom. The van der Waals surface area contributed by atoms with Gasteiger partial charge in [0.25, 0.3) is 5.91 Å². The van der Waals surface area contributed by atoms with Crippen LogP contribution in [0.3, 0.4) is 0 Å². The van der Waals surface area contributed by atoms with E-state index in [0.717, 1.165) is 22.4 Å². The summed E-state index contributed by atoms with van der Waals surface area (Å²) in [6, 6.07) is 5.98. The van der Waals surface area contributed by atoms with Crippen LogP contribution in [0.15, 0.2) is 18.2 Å². The molecule has 1 saturated heterocycles. The van der Waals surface area contributed by atoms with Crippen LogP contribution < -0.4 is 5.32 Å². The smallest absolute Gasteiger partial charge is 0.250 e. The fourth-order valence-corrected chi connectivity index (χ4v) is 2.92. The number of likely N-dealkylation sites (N-methyl/N-ethyl adjacent to an activating group) is 1. The minimum atomic E-state index is -0.582. The number of carbonyl (C=O) groups excluding carboxylic acids is 2. The highest BCUT2D eigenvalue weighted by molar-refractivity contribution is 5.83. The molecule has 0 aliphatic carbocycles. The van der Waals surface area contributed by atoms with Crippen LogP contribution in [0.1, 0.15) is 17.8 Å². The summed E-state index contributed by atoms with van der Waals surface area (Å²) in [5.74, 6) is 0.633. The molecule has 2 aromatic rings. The zero-order chi connectivity index (χ0) is 17.1. The summed E-state index contributed by atoms with van der Waals surface area (Å²) in [6.07, 6.45) is 0.329. The van der Waals surface area contributed by atoms with E-state index in [1.54, 1.807) is 11.9 Å². The van der Waals surface area contributed by atoms with Gasteiger partial charge in [-0.05, 0) is 18.6 Å². The second-order valence-electron chi connectivity index (χ2n) is 5.97. The SMILES string of the molecule is CNC(=O)C1CN(C(=O)CCc2nc3c(C)cccc3[nH]2)CCO1. The number of para-hydroxylation sites is 1. The molecule has 3 rings (SSSR count). The molecular weight excluding hydrogens is 308 g/mol. The number of aryl methyl sites for hydroxylation is 2. The van der Waals surface area contributed by atoms with E-state index in [9.17, 15) is 9.59 Å². The van der Waals surface area contributed by atoms with E-state index < -0.39 is 6.10 Å². The van der Waals surface area contributed by atoms with Gasteiger partial charge < -0.3 is 19.9 Å². The van der Waals surface area contributed by atoms with Gasteiger partial charge in [-0.25, -0.2) is 4.98 Å². The zero-order valence-electron chi connectivity index (χ0n) is 14.0. The fourth-order valence-electron chi connectivity index (χ4n) is 2.92. The van der Waals surface area contributed by atoms with Gasteiger partial charge in [0.2, 0.25) is 5.91 Å². The number of benzene rings is 1. The molecule has 2 N–H and O–H groups in total. The molecule has 1 fully saturated rings. The van der Waals surface area contributed by atoms with Gasteiger partial charge in [-0.2, -0.15) is 0 Å². The van der Waals surface area contributed by atoms with Gasteiger partial charge >= 0.3 is 0 Å². The second kappa shape index (κ2) is 7.00. The van der Waals surface area contributed by atoms with Gasteiger partial charge in [-0.3, -0.25) is 9.59 Å². The van der Waals surface area contributed by atoms with E-state index >= 15 is 0 Å². The van der Waals surface area contributed by atoms with Crippen LogP contribution in [0.2, 0.25) is 0 Å². The van der Waals surface area contributed by atoms with E-state index in [-0.39, 0.29) is 11.8 Å². The summed E-state index contributed by atoms with van der Waals surface area (Å²) in [4.78, 5) is 33.6. The van der Waals surface area contributed by atoms with Crippen LogP contribution in [-0.2, 0) is 20.7 Å². The molecule has 0 bridgehead atoms. The van der Waals surface area contributed by atoms with Crippen LogP contribution in [0.5, 0.6) is 0 Å². The van der Waals surface area contributed by atoms with Crippen LogP contribution in [0.4, 0.5) is 0 Å². The van der Waals surface area contributed by atoms with Crippen molar-refractivity contribution in [1.29, 1.82) is 0 Å². The molecule has 2 amide bonds. The lowest BCUT2D eigenvalue weighted by Crippen LogP contribution is -2.51. The number of hydrogen-bond donors (Lipinski definition) is 2. The lowest BCUT2D eigenvalue weighted by atomic mass is 10.2. The van der Waals surface area contributed by atoms with Crippen molar-refractivity contribution in [3.63, 3.8) is 0 Å². The fraction of sp³-hybridized carbons (Fsp3) is 0.471. The first-order valence-electron chi connectivity index (χ1n) is 8.13. The highest BCUT2D eigenvalue weighted by Gasteiger charge is 2.28. The van der Waals surface area contributed by atoms with E-state index in [1.165, 1.54) is 0 Å². The molecule has 1 aliphatic heterocycles. The Morgan fingerprint density at radius 3 is 3.04 bits per heavy atom. The van der Waals surface area contributed by atoms with E-state index in [4.69, 9.17) is 4.74 Å². The molecule has 7 heteroatoms. The molecule has 1 unspecified atom stereocenters. The molecule has 7 nitrogen and oxygen atoms in total. The van der Waals surface area contributed by atoms with Gasteiger partial charge in [0.1, 0.15) is 5.82 Å². The topological polar surface area (TPSA) is 87.3 Å². The monoisotopic (exact) mass is 330 g/mol. The lowest BCUT2D eigenvalue weighted by Gasteiger charge is -2.32. The number of nitrogens with zero attached hydrogens (tertiary/aromatic N) is 2. The van der Waals surface area contributed by atoms with Crippen LogP contribution in [0.25, 0.3) is 11.0 Å². The quantitative estimate of drug-likeness (QED) is 0.867. The van der Waals surface area contributed by atoms with Crippen LogP contribution >= 0.6 is 0 Å². The summed E-state index contributed by atoms with van der Waals surface area (Å²) in [6.45, 7) is 3.22. The first kappa shape index (κ1) is 16.4. The van der Waals surface area contributed by atoms with Crippen molar-refractivity contribution in [3.8, 4) is 0 Å². The Balaban J connectivity index is 1.60. The van der Waals surface area contributed by atoms with Crippen molar-refractivity contribution in [2.45, 2.75) is 25.9 Å². The Bertz CT molecular complexity index is 755. The van der Waals surface area contributed by atoms with Crippen LogP contribution in [0, 0.1) is 6.92 Å². The van der Waals surface area contributed by atoms with Gasteiger partial charge in [0.05, 0.1) is 24.2 Å². The number of amides is 2. The van der Waals surface area contributed by atoms with Gasteiger partial charge in [-0.15, -0.1) is 0 Å². The van der Waals surface area contributed by atoms with Crippen molar-refractivity contribution < 1.29 is 14.3 Å². The number of H-pyrrole nitrogens is 1. The first-order valence-corrected chi connectivity index (χ1v) is 8.13. The van der Waals surface area contributed by atoms with Crippen molar-refractivity contribution >= 4 is 22.8 Å². The maximum absolute atomic E-state index is 12.4. The molecule has 1 aromatic carbocycles. The van der Waals surface area contributed by atoms with E-state index in [2.05, 4.69) is 15.3 Å². The number of nitrogens with one attached hydrogen (secondary N) is 2. The molecule has 128 valence electrons. The van der Waals surface area contributed by atoms with E-state index in [0.29, 0.717) is 32.5 Å². The average molecular weight is 330 g/mol. The number of imidazole rings is 1. The summed E-state index contributed by atoms with van der Waals surface area (Å²) in [7, 11) is 1.57. The number of fused-ring (bicyclic) bond motifs is 1. The second-order valence-corrected chi connectivity index (χ2v) is 5.97. The van der Waals surface area contributed by atoms with Gasteiger partial charge in [0, 0.05) is 26.4 Å². The predicted octanol–water partition coefficient (Wildman–Crippen LogP) is 0.777. The zero-order valence-corrected chi connectivity index (χ0v) is 14.0. The standard InChI is InChI=1S/C17H22N4O3/c1-11-4-3-5-12-16(11)20-14(19-12)6-7-15(22)21-8-9-24-13(10-21)17(23)18-2/h3-5,13H,6-10H2,1-2H3,(H,18,23)(H,19,20). The lowest BCUT2D eigenvalue weighted by molar-refractivity contribution is -0.146. The van der Waals surface area contributed by atoms with E-state index in [1.807, 2.05) is 25.1 Å². The molecule has 1 atom stereocenters. The highest BCUT2D eigenvalue weighted by atomic mass is 16.5. The molecular formula is C17H22N4O3. The number of aromatic nitrogens is 2. The molecule has 24 heavy (non-hydrogen) atoms. The molecule has 2 heterocycles. The van der Waals surface area contributed by atoms with Crippen molar-refractivity contribution in [1.82, 2.24) is 20.2 Å². The predicted molar refractivity (Wildman–Crippen MR) is 89.5 cm³/mol. The molecule has 0 spiro atoms. The Morgan fingerprint density at radius 1 is 1.46 bits per heavy atom. The third-order valence-corrected chi connectivity index (χ3v) is 4.30. The average Bonchev–Trinajstić information content (AvgIpc) is 3.03. The molecule has 1 aliphatic rings. The number of carbonyl (C=O) groups is 2. The Hall–Kier alpha value is -2.41. The molecule has 0 saturated carbocycles. The third-order valence-electron chi connectivity index (χ3n) is 4.30. The maximum atomic E-state index is 12.4. The first-order chi connectivity index (χ1) is 11.6. The van der Waals surface area contributed by atoms with Gasteiger partial charge in [-0.1, -0.05) is 12.1 Å². The summed E-state index contributed by atoms with van der Waals surface area (Å²) >= 11 is 0. The minimum absolute atomic E-state index is 0.0179. The van der Waals surface area contributed by atoms with Crippen molar-refractivity contribution in [3.05, 3.63) is 29.6 Å². The van der Waals surface area contributed by atoms with Crippen molar-refractivity contribution in [2.24, 2.45) is 0 Å². The number of aromatic amines is 1. The molecule has 0 radical (unpaired) electrons. The van der Waals surface area contributed by atoms with Crippen LogP contribution in [-0.4, -0.2) is 59.5 Å².